The molecule has 0 bridgehead atoms. The summed E-state index contributed by atoms with van der Waals surface area (Å²) in [6.07, 6.45) is 10.6. The van der Waals surface area contributed by atoms with Gasteiger partial charge in [-0.3, -0.25) is 53.4 Å². The first-order chi connectivity index (χ1) is 67.2. The molecule has 2 unspecified atom stereocenters. The van der Waals surface area contributed by atoms with E-state index in [1.807, 2.05) is 27.4 Å². The normalized spacial score (nSPS) is 15.8. The fraction of sp³-hybridized carbons (Fsp3) is 0.366. The van der Waals surface area contributed by atoms with Gasteiger partial charge in [0.05, 0.1) is 112 Å². The maximum atomic E-state index is 13.4. The van der Waals surface area contributed by atoms with Crippen LogP contribution in [0.1, 0.15) is 67.0 Å². The third-order valence-corrected chi connectivity index (χ3v) is 39.2. The Morgan fingerprint density at radius 1 is 0.308 bits per heavy atom. The number of nitrogens with zero attached hydrogens (tertiary/aromatic N) is 20. The van der Waals surface area contributed by atoms with Gasteiger partial charge in [-0.05, 0) is 261 Å². The average molecular weight is 2510 g/mol. The highest BCUT2D eigenvalue weighted by Gasteiger charge is 2.39. The molecular weight excluding hydrogens is 2420 g/mol. The van der Waals surface area contributed by atoms with Crippen molar-refractivity contribution in [2.45, 2.75) is 54.3 Å². The number of benzene rings is 5. The van der Waals surface area contributed by atoms with Gasteiger partial charge < -0.3 is 26.6 Å². The van der Waals surface area contributed by atoms with Gasteiger partial charge in [0.2, 0.25) is 29.1 Å². The van der Waals surface area contributed by atoms with Crippen LogP contribution in [0.15, 0.2) is 181 Å². The molecule has 5 aromatic carbocycles. The lowest BCUT2D eigenvalue weighted by atomic mass is 10.3. The van der Waals surface area contributed by atoms with Crippen LogP contribution in [0.5, 0.6) is 0 Å². The summed E-state index contributed by atoms with van der Waals surface area (Å²) in [5.74, 6) is -2.57. The second-order valence-electron chi connectivity index (χ2n) is 30.0. The number of aliphatic imine (C=N–C) groups is 5. The Hall–Kier alpha value is -10.4. The average Bonchev–Trinajstić information content (AvgIpc) is 1.66. The Balaban J connectivity index is 0.000000200. The van der Waals surface area contributed by atoms with Crippen molar-refractivity contribution in [1.29, 1.82) is 0 Å². The zero-order valence-corrected chi connectivity index (χ0v) is 90.0. The summed E-state index contributed by atoms with van der Waals surface area (Å²) in [5.41, 5.74) is 11.0. The van der Waals surface area contributed by atoms with Gasteiger partial charge in [0, 0.05) is 110 Å². The van der Waals surface area contributed by atoms with Crippen molar-refractivity contribution in [1.82, 2.24) is 79.0 Å². The topological polar surface area (TPSA) is 762 Å². The number of halogens is 10. The van der Waals surface area contributed by atoms with Crippen molar-refractivity contribution in [2.24, 2.45) is 44.4 Å². The molecule has 782 valence electrons. The van der Waals surface area contributed by atoms with E-state index in [0.29, 0.717) is 79.3 Å². The maximum absolute atomic E-state index is 13.4. The number of rotatable bonds is 37. The zero-order valence-electron chi connectivity index (χ0n) is 74.7. The quantitative estimate of drug-likeness (QED) is 0.00745. The monoisotopic (exact) mass is 2500 g/mol. The molecule has 3 aliphatic rings. The molecule has 10 aromatic rings. The van der Waals surface area contributed by atoms with E-state index in [-0.39, 0.29) is 158 Å². The predicted molar refractivity (Wildman–Crippen MR) is 533 cm³/mol. The molecule has 0 spiro atoms. The number of nitrogens with one attached hydrogen (secondary N) is 10. The summed E-state index contributed by atoms with van der Waals surface area (Å²) in [6.45, 7) is 0.453. The van der Waals surface area contributed by atoms with E-state index < -0.39 is 134 Å². The van der Waals surface area contributed by atoms with Gasteiger partial charge in [0.1, 0.15) is 29.1 Å². The largest absolute Gasteiger partial charge is 0.364 e. The highest BCUT2D eigenvalue weighted by Crippen LogP contribution is 2.35. The Kier molecular flexibility index (Phi) is 41.9. The number of hydrogen-bond donors (Lipinski definition) is 15. The predicted octanol–water partition coefficient (Wildman–Crippen LogP) is 9.76. The Labute approximate surface area is 854 Å². The first-order valence-corrected chi connectivity index (χ1v) is 60.9. The summed E-state index contributed by atoms with van der Waals surface area (Å²) in [6, 6.07) is 19.9. The SMILES string of the molecule is CN=S(C)(=O)CCNc1nonc1C(=Nc1ccc(F)c(Br)c1)NO.CS(=O)(=O)N=[S@@](C)(=O)CCNc1nonc1C(=Nc1ccc(F)c(Br)c1)NO.CS(=O)(CCNc1nonc1C(=Nc1ccc(F)c(Br)c1)NO)=NS(=O)(=O)C1CC1.C[S@@](=O)(CCNc1nonc1C(=Nc1ccc(F)c(Br)c1)NO)=NS(=O)(=O)C1CC1.C[S@](=O)(CCNc1nonc1C(=Nc1ccc(F)c(Br)c1)NO)=NS(=O)(=O)C1CC1. The van der Waals surface area contributed by atoms with Crippen LogP contribution in [0.2, 0.25) is 0 Å². The van der Waals surface area contributed by atoms with Gasteiger partial charge in [-0.25, -0.2) is 129 Å². The Bertz CT molecular complexity index is 7160. The van der Waals surface area contributed by atoms with Crippen LogP contribution in [0.25, 0.3) is 0 Å². The van der Waals surface area contributed by atoms with Crippen LogP contribution in [-0.4, -0.2) is 283 Å². The first kappa shape index (κ1) is 116. The summed E-state index contributed by atoms with van der Waals surface area (Å²) in [5, 5.41) is 95.9. The molecule has 5 atom stereocenters. The summed E-state index contributed by atoms with van der Waals surface area (Å²) in [4.78, 5) is 20.6. The van der Waals surface area contributed by atoms with E-state index in [1.54, 1.807) is 6.26 Å². The van der Waals surface area contributed by atoms with E-state index >= 15 is 0 Å². The number of anilines is 5. The van der Waals surface area contributed by atoms with Crippen molar-refractivity contribution in [3.8, 4) is 0 Å². The molecule has 13 rings (SSSR count). The van der Waals surface area contributed by atoms with Crippen LogP contribution in [0.4, 0.5) is 79.5 Å². The smallest absolute Gasteiger partial charge is 0.263 e. The van der Waals surface area contributed by atoms with Crippen LogP contribution in [0.3, 0.4) is 0 Å². The van der Waals surface area contributed by atoms with Gasteiger partial charge in [0.25, 0.3) is 40.1 Å². The van der Waals surface area contributed by atoms with Crippen LogP contribution >= 0.6 is 79.6 Å². The minimum Gasteiger partial charge on any atom is -0.364 e. The molecule has 0 saturated heterocycles. The van der Waals surface area contributed by atoms with Crippen molar-refractivity contribution >= 4 is 255 Å². The van der Waals surface area contributed by atoms with Gasteiger partial charge in [-0.2, -0.15) is 0 Å². The third-order valence-electron chi connectivity index (χ3n) is 18.0. The van der Waals surface area contributed by atoms with Crippen molar-refractivity contribution in [3.63, 3.8) is 0 Å². The van der Waals surface area contributed by atoms with Gasteiger partial charge >= 0.3 is 0 Å². The van der Waals surface area contributed by atoms with Crippen molar-refractivity contribution in [2.75, 3.05) is 133 Å². The highest BCUT2D eigenvalue weighted by atomic mass is 79.9. The summed E-state index contributed by atoms with van der Waals surface area (Å²) >= 11 is 15.2. The van der Waals surface area contributed by atoms with Gasteiger partial charge in [-0.1, -0.05) is 0 Å². The lowest BCUT2D eigenvalue weighted by molar-refractivity contribution is 0.233. The molecule has 3 aliphatic carbocycles. The summed E-state index contributed by atoms with van der Waals surface area (Å²) < 4.78 is 264. The molecule has 0 amide bonds. The molecule has 0 radical (unpaired) electrons. The van der Waals surface area contributed by atoms with E-state index in [0.717, 1.165) is 6.26 Å². The van der Waals surface area contributed by atoms with Crippen molar-refractivity contribution in [3.05, 3.63) is 171 Å². The fourth-order valence-corrected chi connectivity index (χ4v) is 27.5. The molecule has 3 saturated carbocycles. The number of aromatic nitrogens is 10. The molecular formula is C71H86Br5F5N30O23S9. The maximum Gasteiger partial charge on any atom is 0.263 e. The number of amidine groups is 5. The lowest BCUT2D eigenvalue weighted by Crippen LogP contribution is -2.23. The number of hydroxylamine groups is 5. The van der Waals surface area contributed by atoms with Crippen LogP contribution in [0, 0.1) is 29.1 Å². The number of sulfonamides is 4. The zero-order chi connectivity index (χ0) is 105. The van der Waals surface area contributed by atoms with Crippen LogP contribution in [-0.2, 0) is 88.7 Å². The van der Waals surface area contributed by atoms with Crippen molar-refractivity contribution < 1.29 is 126 Å². The van der Waals surface area contributed by atoms with E-state index in [9.17, 15) is 103 Å². The van der Waals surface area contributed by atoms with E-state index in [4.69, 9.17) is 0 Å². The Morgan fingerprint density at radius 3 is 0.650 bits per heavy atom. The molecule has 0 aliphatic heterocycles. The molecule has 15 N–H and O–H groups in total. The first-order valence-electron chi connectivity index (χ1n) is 40.1. The Morgan fingerprint density at radius 2 is 0.490 bits per heavy atom. The minimum absolute atomic E-state index is 0.00286. The fourth-order valence-electron chi connectivity index (χ4n) is 10.6. The van der Waals surface area contributed by atoms with Crippen LogP contribution < -0.4 is 54.0 Å². The van der Waals surface area contributed by atoms with E-state index in [2.05, 4.69) is 225 Å². The second kappa shape index (κ2) is 51.5. The standard InChI is InChI=1S/3C15H18BrFN6O5S2.C13H16BrFN6O5S2.C13H16BrFN6O3S/c3*1-29(25,23-30(26,27)10-3-4-10)7-6-18-14-13(21-28-22-14)15(20-24)19-9-2-5-12(17)11(16)8-9;1-27(23,21-28(2,24)25)6-5-16-12-11(19-26-20-12)13(18-22)17-8-3-4-10(15)9(14)7-8;1-16-25(2,23)6-5-17-12-11(20-24-21-12)13(19-22)18-8-3-4-10(15)9(14)7-8/h3*2,5,8,10,24H,3-4,6-7H2,1H3,(H,18,22)(H,19,20);3-4,7,22H,5-6H2,1-2H3,(H,16,20)(H,17,18);3-4,7,22H,5-6H2,1-2H3,(H,17,21)(H,18,19)/t2*29-;;27-;/m10.0./s1. The van der Waals surface area contributed by atoms with Gasteiger partial charge in [-0.15, -0.1) is 15.1 Å². The van der Waals surface area contributed by atoms with Gasteiger partial charge in [0.15, 0.2) is 57.6 Å². The minimum atomic E-state index is -3.75. The lowest BCUT2D eigenvalue weighted by Gasteiger charge is -2.07. The highest BCUT2D eigenvalue weighted by molar-refractivity contribution is 9.11. The molecule has 5 heterocycles. The second-order valence-corrected chi connectivity index (χ2v) is 55.2. The third kappa shape index (κ3) is 37.2. The molecule has 3 fully saturated rings. The summed E-state index contributed by atoms with van der Waals surface area (Å²) in [7, 11) is -27.6. The molecule has 53 nitrogen and oxygen atoms in total. The molecule has 143 heavy (non-hydrogen) atoms. The molecule has 72 heteroatoms. The molecule has 5 aromatic heterocycles. The van der Waals surface area contributed by atoms with E-state index in [1.165, 1.54) is 123 Å². The number of hydrogen-bond acceptors (Lipinski definition) is 44.